The molecule has 106 valence electrons. The van der Waals surface area contributed by atoms with Gasteiger partial charge in [-0.2, -0.15) is 0 Å². The lowest BCUT2D eigenvalue weighted by atomic mass is 9.95. The van der Waals surface area contributed by atoms with Crippen molar-refractivity contribution in [3.63, 3.8) is 0 Å². The Kier molecular flexibility index (Phi) is 4.97. The summed E-state index contributed by atoms with van der Waals surface area (Å²) in [6.07, 6.45) is 0. The van der Waals surface area contributed by atoms with Crippen LogP contribution in [-0.2, 0) is 15.1 Å². The van der Waals surface area contributed by atoms with Crippen LogP contribution in [0.25, 0.3) is 0 Å². The maximum absolute atomic E-state index is 13.6. The minimum atomic E-state index is -2.09. The van der Waals surface area contributed by atoms with Gasteiger partial charge in [0.05, 0.1) is 12.5 Å². The third kappa shape index (κ3) is 3.71. The van der Waals surface area contributed by atoms with E-state index in [4.69, 9.17) is 4.74 Å². The molecule has 0 aliphatic heterocycles. The molecule has 0 spiro atoms. The van der Waals surface area contributed by atoms with Gasteiger partial charge in [0.1, 0.15) is 23.8 Å². The van der Waals surface area contributed by atoms with Gasteiger partial charge in [-0.25, -0.2) is 8.78 Å². The molecule has 1 atom stereocenters. The second-order valence-corrected chi connectivity index (χ2v) is 4.58. The van der Waals surface area contributed by atoms with Gasteiger partial charge in [0.2, 0.25) is 0 Å². The van der Waals surface area contributed by atoms with E-state index in [9.17, 15) is 23.8 Å². The maximum Gasteiger partial charge on any atom is 0.308 e. The Morgan fingerprint density at radius 2 is 2.05 bits per heavy atom. The molecule has 0 bridgehead atoms. The van der Waals surface area contributed by atoms with E-state index >= 15 is 0 Å². The third-order valence-corrected chi connectivity index (χ3v) is 2.62. The molecule has 19 heavy (non-hydrogen) atoms. The fourth-order valence-corrected chi connectivity index (χ4v) is 1.43. The average molecular weight is 274 g/mol. The monoisotopic (exact) mass is 274 g/mol. The zero-order chi connectivity index (χ0) is 14.6. The number of hydrogen-bond acceptors (Lipinski definition) is 4. The third-order valence-electron chi connectivity index (χ3n) is 2.62. The van der Waals surface area contributed by atoms with E-state index in [1.165, 1.54) is 0 Å². The van der Waals surface area contributed by atoms with Crippen molar-refractivity contribution in [1.29, 1.82) is 0 Å². The molecule has 0 heterocycles. The van der Waals surface area contributed by atoms with Crippen LogP contribution in [0.15, 0.2) is 18.2 Å². The number of hydrogen-bond donors (Lipinski definition) is 2. The Morgan fingerprint density at radius 3 is 2.53 bits per heavy atom. The van der Waals surface area contributed by atoms with E-state index in [-0.39, 0.29) is 5.56 Å². The van der Waals surface area contributed by atoms with Crippen molar-refractivity contribution in [2.45, 2.75) is 19.4 Å². The fourth-order valence-electron chi connectivity index (χ4n) is 1.43. The smallest absolute Gasteiger partial charge is 0.308 e. The SMILES string of the molecule is CC(C)C(=O)OC[C@](O)(CO)c1ccc(F)cc1F. The number of aliphatic hydroxyl groups is 2. The van der Waals surface area contributed by atoms with Crippen LogP contribution in [0.2, 0.25) is 0 Å². The molecule has 0 aromatic heterocycles. The van der Waals surface area contributed by atoms with Crippen molar-refractivity contribution in [3.05, 3.63) is 35.4 Å². The molecule has 0 unspecified atom stereocenters. The van der Waals surface area contributed by atoms with Gasteiger partial charge in [0.15, 0.2) is 0 Å². The first-order valence-corrected chi connectivity index (χ1v) is 5.75. The molecule has 0 fully saturated rings. The van der Waals surface area contributed by atoms with Gasteiger partial charge >= 0.3 is 5.97 Å². The molecule has 0 aliphatic rings. The number of carbonyl (C=O) groups is 1. The van der Waals surface area contributed by atoms with Gasteiger partial charge in [0, 0.05) is 11.6 Å². The van der Waals surface area contributed by atoms with Gasteiger partial charge in [-0.15, -0.1) is 0 Å². The van der Waals surface area contributed by atoms with Crippen LogP contribution < -0.4 is 0 Å². The van der Waals surface area contributed by atoms with Crippen LogP contribution >= 0.6 is 0 Å². The van der Waals surface area contributed by atoms with E-state index in [1.807, 2.05) is 0 Å². The standard InChI is InChI=1S/C13H16F2O4/c1-8(2)12(17)19-7-13(18,6-16)10-4-3-9(14)5-11(10)15/h3-5,8,16,18H,6-7H2,1-2H3/t13-/m1/s1. The Morgan fingerprint density at radius 1 is 1.42 bits per heavy atom. The van der Waals surface area contributed by atoms with Gasteiger partial charge in [-0.3, -0.25) is 4.79 Å². The van der Waals surface area contributed by atoms with E-state index in [2.05, 4.69) is 0 Å². The van der Waals surface area contributed by atoms with Crippen molar-refractivity contribution < 1.29 is 28.5 Å². The molecule has 4 nitrogen and oxygen atoms in total. The second kappa shape index (κ2) is 6.08. The molecular weight excluding hydrogens is 258 g/mol. The molecule has 0 aliphatic carbocycles. The van der Waals surface area contributed by atoms with Gasteiger partial charge in [-0.05, 0) is 6.07 Å². The lowest BCUT2D eigenvalue weighted by Crippen LogP contribution is -2.38. The lowest BCUT2D eigenvalue weighted by Gasteiger charge is -2.26. The van der Waals surface area contributed by atoms with Crippen molar-refractivity contribution >= 4 is 5.97 Å². The number of ether oxygens (including phenoxy) is 1. The predicted molar refractivity (Wildman–Crippen MR) is 63.1 cm³/mol. The summed E-state index contributed by atoms with van der Waals surface area (Å²) in [6, 6.07) is 2.54. The highest BCUT2D eigenvalue weighted by Gasteiger charge is 2.33. The lowest BCUT2D eigenvalue weighted by molar-refractivity contribution is -0.158. The molecule has 0 saturated carbocycles. The molecule has 0 radical (unpaired) electrons. The van der Waals surface area contributed by atoms with E-state index in [1.54, 1.807) is 13.8 Å². The molecule has 1 aromatic carbocycles. The number of carbonyl (C=O) groups excluding carboxylic acids is 1. The second-order valence-electron chi connectivity index (χ2n) is 4.58. The van der Waals surface area contributed by atoms with Crippen molar-refractivity contribution in [2.24, 2.45) is 5.92 Å². The Balaban J connectivity index is 2.93. The summed E-state index contributed by atoms with van der Waals surface area (Å²) in [6.45, 7) is 1.72. The van der Waals surface area contributed by atoms with Crippen molar-refractivity contribution in [1.82, 2.24) is 0 Å². The van der Waals surface area contributed by atoms with Crippen LogP contribution in [0.4, 0.5) is 8.78 Å². The molecule has 6 heteroatoms. The van der Waals surface area contributed by atoms with Gasteiger partial charge < -0.3 is 14.9 Å². The zero-order valence-electron chi connectivity index (χ0n) is 10.7. The summed E-state index contributed by atoms with van der Waals surface area (Å²) < 4.78 is 31.1. The summed E-state index contributed by atoms with van der Waals surface area (Å²) in [5.41, 5.74) is -2.42. The summed E-state index contributed by atoms with van der Waals surface area (Å²) >= 11 is 0. The van der Waals surface area contributed by atoms with Crippen LogP contribution in [0.3, 0.4) is 0 Å². The molecule has 1 aromatic rings. The summed E-state index contributed by atoms with van der Waals surface area (Å²) in [4.78, 5) is 11.3. The first kappa shape index (κ1) is 15.5. The first-order valence-electron chi connectivity index (χ1n) is 5.75. The summed E-state index contributed by atoms with van der Waals surface area (Å²) in [5.74, 6) is -2.83. The quantitative estimate of drug-likeness (QED) is 0.795. The predicted octanol–water partition coefficient (Wildman–Crippen LogP) is 1.34. The number of aliphatic hydroxyl groups excluding tert-OH is 1. The first-order chi connectivity index (χ1) is 8.80. The van der Waals surface area contributed by atoms with Crippen LogP contribution in [0.1, 0.15) is 19.4 Å². The summed E-state index contributed by atoms with van der Waals surface area (Å²) in [7, 11) is 0. The average Bonchev–Trinajstić information content (AvgIpc) is 2.35. The maximum atomic E-state index is 13.6. The number of rotatable bonds is 5. The number of benzene rings is 1. The van der Waals surface area contributed by atoms with Gasteiger partial charge in [-0.1, -0.05) is 19.9 Å². The van der Waals surface area contributed by atoms with Crippen LogP contribution in [0.5, 0.6) is 0 Å². The van der Waals surface area contributed by atoms with Crippen LogP contribution in [-0.4, -0.2) is 29.4 Å². The molecule has 0 amide bonds. The van der Waals surface area contributed by atoms with Crippen LogP contribution in [0, 0.1) is 17.6 Å². The Hall–Kier alpha value is -1.53. The fraction of sp³-hybridized carbons (Fsp3) is 0.462. The highest BCUT2D eigenvalue weighted by molar-refractivity contribution is 5.71. The number of halogens is 2. The number of esters is 1. The minimum Gasteiger partial charge on any atom is -0.462 e. The Bertz CT molecular complexity index is 462. The topological polar surface area (TPSA) is 66.8 Å². The minimum absolute atomic E-state index is 0.326. The van der Waals surface area contributed by atoms with E-state index in [0.717, 1.165) is 12.1 Å². The van der Waals surface area contributed by atoms with E-state index in [0.29, 0.717) is 6.07 Å². The van der Waals surface area contributed by atoms with E-state index < -0.39 is 42.3 Å². The Labute approximate surface area is 109 Å². The zero-order valence-corrected chi connectivity index (χ0v) is 10.7. The molecule has 2 N–H and O–H groups in total. The highest BCUT2D eigenvalue weighted by Crippen LogP contribution is 2.25. The van der Waals surface area contributed by atoms with Crippen molar-refractivity contribution in [2.75, 3.05) is 13.2 Å². The molecule has 0 saturated heterocycles. The highest BCUT2D eigenvalue weighted by atomic mass is 19.1. The molecule has 1 rings (SSSR count). The van der Waals surface area contributed by atoms with Crippen molar-refractivity contribution in [3.8, 4) is 0 Å². The van der Waals surface area contributed by atoms with Gasteiger partial charge in [0.25, 0.3) is 0 Å². The molecular formula is C13H16F2O4. The summed E-state index contributed by atoms with van der Waals surface area (Å²) in [5, 5.41) is 19.3. The normalized spacial score (nSPS) is 14.3. The largest absolute Gasteiger partial charge is 0.462 e.